The number of methoxy groups -OCH3 is 1. The normalized spacial score (nSPS) is 10.9. The third-order valence-electron chi connectivity index (χ3n) is 5.64. The van der Waals surface area contributed by atoms with Crippen LogP contribution in [0.1, 0.15) is 22.3 Å². The van der Waals surface area contributed by atoms with Crippen molar-refractivity contribution in [3.8, 4) is 23.3 Å². The van der Waals surface area contributed by atoms with Crippen molar-refractivity contribution in [3.05, 3.63) is 128 Å². The zero-order valence-corrected chi connectivity index (χ0v) is 21.2. The Bertz CT molecular complexity index is 1500. The molecule has 190 valence electrons. The summed E-state index contributed by atoms with van der Waals surface area (Å²) in [5.41, 5.74) is 3.31. The molecule has 7 nitrogen and oxygen atoms in total. The van der Waals surface area contributed by atoms with Crippen LogP contribution in [-0.4, -0.2) is 12.0 Å². The summed E-state index contributed by atoms with van der Waals surface area (Å²) in [5, 5.41) is 21.2. The summed E-state index contributed by atoms with van der Waals surface area (Å²) in [6, 6.07) is 28.5. The van der Waals surface area contributed by atoms with Gasteiger partial charge in [-0.05, 0) is 65.2 Å². The second-order valence-electron chi connectivity index (χ2n) is 8.20. The third-order valence-corrected chi connectivity index (χ3v) is 5.88. The Balaban J connectivity index is 1.51. The molecule has 0 bridgehead atoms. The molecule has 38 heavy (non-hydrogen) atoms. The number of non-ortho nitro benzene ring substituents is 1. The van der Waals surface area contributed by atoms with Crippen LogP contribution in [0.2, 0.25) is 5.02 Å². The number of hydrogen-bond acceptors (Lipinski definition) is 6. The van der Waals surface area contributed by atoms with E-state index in [9.17, 15) is 15.4 Å². The minimum Gasteiger partial charge on any atom is -0.493 e. The predicted molar refractivity (Wildman–Crippen MR) is 146 cm³/mol. The van der Waals surface area contributed by atoms with Gasteiger partial charge in [0, 0.05) is 22.7 Å². The predicted octanol–water partition coefficient (Wildman–Crippen LogP) is 7.48. The highest BCUT2D eigenvalue weighted by Gasteiger charge is 2.11. The Morgan fingerprint density at radius 2 is 1.58 bits per heavy atom. The summed E-state index contributed by atoms with van der Waals surface area (Å²) in [6.07, 6.45) is 1.64. The summed E-state index contributed by atoms with van der Waals surface area (Å²) in [6.45, 7) is 0.653. The van der Waals surface area contributed by atoms with Crippen LogP contribution >= 0.6 is 11.6 Å². The van der Waals surface area contributed by atoms with Crippen molar-refractivity contribution in [3.63, 3.8) is 0 Å². The van der Waals surface area contributed by atoms with E-state index < -0.39 is 4.92 Å². The maximum absolute atomic E-state index is 10.9. The quantitative estimate of drug-likeness (QED) is 0.0919. The van der Waals surface area contributed by atoms with Crippen LogP contribution in [0.15, 0.2) is 91.0 Å². The molecule has 0 aliphatic rings. The molecule has 0 fully saturated rings. The molecule has 0 spiro atoms. The van der Waals surface area contributed by atoms with E-state index in [1.165, 1.54) is 24.3 Å². The van der Waals surface area contributed by atoms with Crippen LogP contribution in [0, 0.1) is 21.4 Å². The second-order valence-corrected chi connectivity index (χ2v) is 8.64. The van der Waals surface area contributed by atoms with Gasteiger partial charge in [-0.3, -0.25) is 10.1 Å². The minimum atomic E-state index is -0.487. The van der Waals surface area contributed by atoms with Gasteiger partial charge in [-0.1, -0.05) is 48.0 Å². The average Bonchev–Trinajstić information content (AvgIpc) is 2.95. The molecule has 4 aromatic carbocycles. The van der Waals surface area contributed by atoms with E-state index in [1.54, 1.807) is 31.4 Å². The summed E-state index contributed by atoms with van der Waals surface area (Å²) in [4.78, 5) is 10.5. The molecule has 8 heteroatoms. The van der Waals surface area contributed by atoms with E-state index in [2.05, 4.69) is 6.07 Å². The summed E-state index contributed by atoms with van der Waals surface area (Å²) in [5.74, 6) is 1.73. The molecule has 0 aromatic heterocycles. The molecule has 0 saturated carbocycles. The number of ether oxygens (including phenoxy) is 3. The molecule has 0 N–H and O–H groups in total. The summed E-state index contributed by atoms with van der Waals surface area (Å²) < 4.78 is 17.5. The van der Waals surface area contributed by atoms with Crippen LogP contribution in [0.4, 0.5) is 5.69 Å². The van der Waals surface area contributed by atoms with Crippen molar-refractivity contribution < 1.29 is 19.1 Å². The van der Waals surface area contributed by atoms with Gasteiger partial charge >= 0.3 is 0 Å². The number of benzene rings is 4. The van der Waals surface area contributed by atoms with Crippen molar-refractivity contribution in [2.75, 3.05) is 7.11 Å². The lowest BCUT2D eigenvalue weighted by Gasteiger charge is -2.14. The Hall–Kier alpha value is -4.80. The number of hydrogen-bond donors (Lipinski definition) is 0. The van der Waals surface area contributed by atoms with E-state index >= 15 is 0 Å². The monoisotopic (exact) mass is 526 g/mol. The van der Waals surface area contributed by atoms with Crippen molar-refractivity contribution in [1.29, 1.82) is 5.26 Å². The highest BCUT2D eigenvalue weighted by Crippen LogP contribution is 2.31. The number of nitro groups is 1. The number of rotatable bonds is 10. The molecule has 0 atom stereocenters. The number of nitrogens with zero attached hydrogens (tertiary/aromatic N) is 2. The van der Waals surface area contributed by atoms with Crippen molar-refractivity contribution in [2.45, 2.75) is 13.2 Å². The lowest BCUT2D eigenvalue weighted by molar-refractivity contribution is -0.384. The molecular formula is C30H23ClN2O5. The van der Waals surface area contributed by atoms with Gasteiger partial charge in [-0.2, -0.15) is 5.26 Å². The molecule has 0 heterocycles. The summed E-state index contributed by atoms with van der Waals surface area (Å²) >= 11 is 6.22. The van der Waals surface area contributed by atoms with E-state index in [-0.39, 0.29) is 12.3 Å². The first-order valence-corrected chi connectivity index (χ1v) is 12.0. The van der Waals surface area contributed by atoms with Gasteiger partial charge in [0.05, 0.1) is 23.7 Å². The third kappa shape index (κ3) is 6.69. The van der Waals surface area contributed by atoms with Crippen LogP contribution < -0.4 is 14.2 Å². The van der Waals surface area contributed by atoms with Gasteiger partial charge in [0.15, 0.2) is 11.5 Å². The topological polar surface area (TPSA) is 94.6 Å². The van der Waals surface area contributed by atoms with Crippen LogP contribution in [0.5, 0.6) is 17.2 Å². The highest BCUT2D eigenvalue weighted by molar-refractivity contribution is 6.30. The first-order valence-electron chi connectivity index (χ1n) is 11.6. The number of allylic oxidation sites excluding steroid dienone is 1. The molecule has 0 saturated heterocycles. The lowest BCUT2D eigenvalue weighted by atomic mass is 10.0. The summed E-state index contributed by atoms with van der Waals surface area (Å²) in [7, 11) is 1.58. The van der Waals surface area contributed by atoms with Gasteiger partial charge in [-0.15, -0.1) is 0 Å². The van der Waals surface area contributed by atoms with Crippen LogP contribution in [0.25, 0.3) is 11.6 Å². The fourth-order valence-corrected chi connectivity index (χ4v) is 3.86. The molecule has 0 aliphatic carbocycles. The number of halogens is 1. The SMILES string of the molecule is COc1cc(COc2ccc(Cl)cc2/C=C(\C#N)c2ccc([N+](=O)[O-])cc2)ccc1OCc1ccccc1. The fraction of sp³-hybridized carbons (Fsp3) is 0.100. The van der Waals surface area contributed by atoms with Gasteiger partial charge < -0.3 is 14.2 Å². The van der Waals surface area contributed by atoms with Crippen molar-refractivity contribution in [1.82, 2.24) is 0 Å². The standard InChI is InChI=1S/C30H23ClN2O5/c1-36-30-15-22(7-13-29(30)38-19-21-5-3-2-4-6-21)20-37-28-14-10-26(31)17-24(28)16-25(18-32)23-8-11-27(12-9-23)33(34)35/h2-17H,19-20H2,1H3/b25-16+. The zero-order chi connectivity index (χ0) is 26.9. The zero-order valence-electron chi connectivity index (χ0n) is 20.5. The first kappa shape index (κ1) is 26.3. The molecule has 0 amide bonds. The average molecular weight is 527 g/mol. The maximum atomic E-state index is 10.9. The Morgan fingerprint density at radius 3 is 2.26 bits per heavy atom. The van der Waals surface area contributed by atoms with Crippen molar-refractivity contribution in [2.24, 2.45) is 0 Å². The number of nitro benzene ring substituents is 1. The second kappa shape index (κ2) is 12.4. The van der Waals surface area contributed by atoms with Crippen LogP contribution in [-0.2, 0) is 13.2 Å². The number of nitriles is 1. The van der Waals surface area contributed by atoms with Gasteiger partial charge in [0.1, 0.15) is 19.0 Å². The lowest BCUT2D eigenvalue weighted by Crippen LogP contribution is -2.01. The molecule has 4 aromatic rings. The smallest absolute Gasteiger partial charge is 0.269 e. The molecule has 0 unspecified atom stereocenters. The first-order chi connectivity index (χ1) is 18.5. The molecular weight excluding hydrogens is 504 g/mol. The molecule has 0 aliphatic heterocycles. The maximum Gasteiger partial charge on any atom is 0.269 e. The Kier molecular flexibility index (Phi) is 8.60. The fourth-order valence-electron chi connectivity index (χ4n) is 3.68. The molecule has 4 rings (SSSR count). The van der Waals surface area contributed by atoms with Gasteiger partial charge in [-0.25, -0.2) is 0 Å². The van der Waals surface area contributed by atoms with Gasteiger partial charge in [0.2, 0.25) is 0 Å². The van der Waals surface area contributed by atoms with E-state index in [4.69, 9.17) is 25.8 Å². The van der Waals surface area contributed by atoms with E-state index in [0.717, 1.165) is 11.1 Å². The molecule has 0 radical (unpaired) electrons. The Labute approximate surface area is 225 Å². The minimum absolute atomic E-state index is 0.0512. The van der Waals surface area contributed by atoms with E-state index in [0.29, 0.717) is 45.6 Å². The highest BCUT2D eigenvalue weighted by atomic mass is 35.5. The van der Waals surface area contributed by atoms with E-state index in [1.807, 2.05) is 48.5 Å². The van der Waals surface area contributed by atoms with Crippen molar-refractivity contribution >= 4 is 28.9 Å². The largest absolute Gasteiger partial charge is 0.493 e. The van der Waals surface area contributed by atoms with Crippen LogP contribution in [0.3, 0.4) is 0 Å². The van der Waals surface area contributed by atoms with Gasteiger partial charge in [0.25, 0.3) is 5.69 Å². The Morgan fingerprint density at radius 1 is 0.895 bits per heavy atom.